The fourth-order valence-corrected chi connectivity index (χ4v) is 2.93. The number of aryl methyl sites for hydroxylation is 1. The molecule has 1 aromatic heterocycles. The van der Waals surface area contributed by atoms with E-state index < -0.39 is 18.5 Å². The molecule has 0 bridgehead atoms. The van der Waals surface area contributed by atoms with Crippen molar-refractivity contribution in [3.05, 3.63) is 49.5 Å². The first-order valence-corrected chi connectivity index (χ1v) is 8.46. The van der Waals surface area contributed by atoms with Crippen LogP contribution in [0.15, 0.2) is 28.4 Å². The van der Waals surface area contributed by atoms with Gasteiger partial charge in [0.15, 0.2) is 6.61 Å². The lowest BCUT2D eigenvalue weighted by Gasteiger charge is -2.09. The molecular formula is C16H14ClN3O4S. The van der Waals surface area contributed by atoms with Crippen molar-refractivity contribution >= 4 is 40.5 Å². The van der Waals surface area contributed by atoms with Crippen molar-refractivity contribution in [2.75, 3.05) is 11.9 Å². The monoisotopic (exact) mass is 379 g/mol. The molecule has 7 nitrogen and oxygen atoms in total. The third-order valence-electron chi connectivity index (χ3n) is 3.26. The van der Waals surface area contributed by atoms with Gasteiger partial charge in [-0.15, -0.1) is 0 Å². The lowest BCUT2D eigenvalue weighted by atomic mass is 10.2. The molecule has 0 saturated carbocycles. The van der Waals surface area contributed by atoms with E-state index in [2.05, 4.69) is 5.32 Å². The first-order chi connectivity index (χ1) is 11.9. The van der Waals surface area contributed by atoms with E-state index in [1.807, 2.05) is 6.07 Å². The van der Waals surface area contributed by atoms with E-state index >= 15 is 0 Å². The smallest absolute Gasteiger partial charge is 0.308 e. The van der Waals surface area contributed by atoms with Crippen molar-refractivity contribution < 1.29 is 14.3 Å². The van der Waals surface area contributed by atoms with Gasteiger partial charge in [0, 0.05) is 22.6 Å². The van der Waals surface area contributed by atoms with E-state index in [4.69, 9.17) is 21.6 Å². The number of hydrogen-bond acceptors (Lipinski definition) is 6. The predicted molar refractivity (Wildman–Crippen MR) is 93.7 cm³/mol. The van der Waals surface area contributed by atoms with Gasteiger partial charge >= 0.3 is 10.8 Å². The first kappa shape index (κ1) is 18.7. The lowest BCUT2D eigenvalue weighted by molar-refractivity contribution is -0.147. The van der Waals surface area contributed by atoms with Crippen LogP contribution in [0.5, 0.6) is 0 Å². The topological polar surface area (TPSA) is 101 Å². The van der Waals surface area contributed by atoms with Gasteiger partial charge in [-0.2, -0.15) is 5.26 Å². The number of amides is 1. The molecule has 9 heteroatoms. The zero-order chi connectivity index (χ0) is 18.4. The molecule has 0 unspecified atom stereocenters. The Hall–Kier alpha value is -2.63. The number of carbonyl (C=O) groups is 2. The van der Waals surface area contributed by atoms with Gasteiger partial charge in [0.05, 0.1) is 17.7 Å². The second kappa shape index (κ2) is 8.46. The van der Waals surface area contributed by atoms with Gasteiger partial charge in [-0.1, -0.05) is 22.9 Å². The van der Waals surface area contributed by atoms with Gasteiger partial charge in [0.2, 0.25) is 0 Å². The minimum atomic E-state index is -0.598. The Bertz CT molecular complexity index is 898. The third-order valence-corrected chi connectivity index (χ3v) is 4.37. The molecule has 0 spiro atoms. The van der Waals surface area contributed by atoms with Crippen LogP contribution in [0.3, 0.4) is 0 Å². The van der Waals surface area contributed by atoms with Crippen molar-refractivity contribution in [3.8, 4) is 6.07 Å². The zero-order valence-corrected chi connectivity index (χ0v) is 14.8. The first-order valence-electron chi connectivity index (χ1n) is 7.20. The molecule has 25 heavy (non-hydrogen) atoms. The van der Waals surface area contributed by atoms with Crippen LogP contribution < -0.4 is 10.2 Å². The summed E-state index contributed by atoms with van der Waals surface area (Å²) in [6, 6.07) is 6.37. The normalized spacial score (nSPS) is 10.1. The number of thiazole rings is 1. The van der Waals surface area contributed by atoms with E-state index in [1.165, 1.54) is 22.8 Å². The van der Waals surface area contributed by atoms with Crippen LogP contribution in [0.25, 0.3) is 0 Å². The summed E-state index contributed by atoms with van der Waals surface area (Å²) in [6.07, 6.45) is -0.0224. The summed E-state index contributed by atoms with van der Waals surface area (Å²) >= 11 is 6.89. The maximum absolute atomic E-state index is 11.8. The number of esters is 1. The van der Waals surface area contributed by atoms with E-state index in [-0.39, 0.29) is 29.1 Å². The fraction of sp³-hybridized carbons (Fsp3) is 0.250. The molecule has 0 atom stereocenters. The largest absolute Gasteiger partial charge is 0.456 e. The molecule has 2 rings (SSSR count). The van der Waals surface area contributed by atoms with E-state index in [9.17, 15) is 14.4 Å². The van der Waals surface area contributed by atoms with Crippen molar-refractivity contribution in [2.45, 2.75) is 19.9 Å². The number of nitriles is 1. The van der Waals surface area contributed by atoms with Crippen molar-refractivity contribution in [3.63, 3.8) is 0 Å². The number of carbonyl (C=O) groups excluding carboxylic acids is 2. The quantitative estimate of drug-likeness (QED) is 0.776. The zero-order valence-electron chi connectivity index (χ0n) is 13.2. The average molecular weight is 380 g/mol. The second-order valence-electron chi connectivity index (χ2n) is 5.06. The number of hydrogen-bond donors (Lipinski definition) is 1. The summed E-state index contributed by atoms with van der Waals surface area (Å²) in [7, 11) is 0. The molecule has 130 valence electrons. The number of aromatic nitrogens is 1. The molecule has 1 heterocycles. The predicted octanol–water partition coefficient (Wildman–Crippen LogP) is 2.32. The van der Waals surface area contributed by atoms with Gasteiger partial charge in [0.1, 0.15) is 6.07 Å². The molecule has 1 N–H and O–H groups in total. The van der Waals surface area contributed by atoms with Crippen LogP contribution in [0, 0.1) is 18.3 Å². The van der Waals surface area contributed by atoms with Crippen molar-refractivity contribution in [1.29, 1.82) is 5.26 Å². The number of nitrogens with zero attached hydrogens (tertiary/aromatic N) is 2. The van der Waals surface area contributed by atoms with E-state index in [0.29, 0.717) is 5.02 Å². The summed E-state index contributed by atoms with van der Waals surface area (Å²) in [5.74, 6) is -1.18. The Balaban J connectivity index is 1.84. The highest BCUT2D eigenvalue weighted by molar-refractivity contribution is 7.07. The Labute approximate surface area is 152 Å². The number of halogens is 1. The van der Waals surface area contributed by atoms with E-state index in [0.717, 1.165) is 17.0 Å². The Kier molecular flexibility index (Phi) is 6.33. The Morgan fingerprint density at radius 1 is 1.44 bits per heavy atom. The number of ether oxygens (including phenoxy) is 1. The number of rotatable bonds is 6. The number of nitrogens with one attached hydrogen (secondary N) is 1. The fourth-order valence-electron chi connectivity index (χ4n) is 2.00. The lowest BCUT2D eigenvalue weighted by Crippen LogP contribution is -2.23. The molecule has 1 aromatic carbocycles. The summed E-state index contributed by atoms with van der Waals surface area (Å²) in [4.78, 5) is 34.9. The Morgan fingerprint density at radius 2 is 2.20 bits per heavy atom. The van der Waals surface area contributed by atoms with Crippen LogP contribution in [0.1, 0.15) is 17.7 Å². The summed E-state index contributed by atoms with van der Waals surface area (Å²) in [5, 5.41) is 13.5. The number of benzene rings is 1. The molecule has 2 aromatic rings. The maximum Gasteiger partial charge on any atom is 0.308 e. The van der Waals surface area contributed by atoms with Crippen LogP contribution in [-0.4, -0.2) is 23.1 Å². The molecule has 0 aliphatic heterocycles. The van der Waals surface area contributed by atoms with Gasteiger partial charge in [-0.25, -0.2) is 0 Å². The van der Waals surface area contributed by atoms with Crippen LogP contribution in [0.4, 0.5) is 5.69 Å². The van der Waals surface area contributed by atoms with Crippen molar-refractivity contribution in [1.82, 2.24) is 4.57 Å². The van der Waals surface area contributed by atoms with E-state index in [1.54, 1.807) is 12.3 Å². The average Bonchev–Trinajstić information content (AvgIpc) is 2.89. The summed E-state index contributed by atoms with van der Waals surface area (Å²) in [6.45, 7) is 1.48. The van der Waals surface area contributed by atoms with Crippen LogP contribution in [0.2, 0.25) is 5.02 Å². The second-order valence-corrected chi connectivity index (χ2v) is 6.31. The molecule has 0 fully saturated rings. The Morgan fingerprint density at radius 3 is 2.84 bits per heavy atom. The molecule has 1 amide bonds. The highest BCUT2D eigenvalue weighted by Gasteiger charge is 2.12. The van der Waals surface area contributed by atoms with Gasteiger partial charge in [-0.3, -0.25) is 14.4 Å². The minimum Gasteiger partial charge on any atom is -0.456 e. The number of anilines is 1. The standard InChI is InChI=1S/C16H14ClN3O4S/c1-10-9-25-16(23)20(10)5-4-15(22)24-8-14(21)19-13-6-12(17)3-2-11(13)7-18/h2-3,6,9H,4-5,8H2,1H3,(H,19,21). The van der Waals surface area contributed by atoms with Crippen molar-refractivity contribution in [2.24, 2.45) is 0 Å². The summed E-state index contributed by atoms with van der Waals surface area (Å²) < 4.78 is 6.35. The molecule has 0 radical (unpaired) electrons. The summed E-state index contributed by atoms with van der Waals surface area (Å²) in [5.41, 5.74) is 1.26. The minimum absolute atomic E-state index is 0.0224. The highest BCUT2D eigenvalue weighted by atomic mass is 35.5. The molecule has 0 aliphatic rings. The van der Waals surface area contributed by atoms with Crippen LogP contribution >= 0.6 is 22.9 Å². The van der Waals surface area contributed by atoms with Crippen LogP contribution in [-0.2, 0) is 20.9 Å². The SMILES string of the molecule is Cc1csc(=O)n1CCC(=O)OCC(=O)Nc1cc(Cl)ccc1C#N. The van der Waals surface area contributed by atoms with Gasteiger partial charge in [-0.05, 0) is 25.1 Å². The van der Waals surface area contributed by atoms with Gasteiger partial charge in [0.25, 0.3) is 5.91 Å². The third kappa shape index (κ3) is 5.17. The molecular weight excluding hydrogens is 366 g/mol. The maximum atomic E-state index is 11.8. The molecule has 0 saturated heterocycles. The molecule has 0 aliphatic carbocycles. The van der Waals surface area contributed by atoms with Gasteiger partial charge < -0.3 is 14.6 Å². The highest BCUT2D eigenvalue weighted by Crippen LogP contribution is 2.20.